The number of carbonyl (C=O) groups excluding carboxylic acids is 1. The van der Waals surface area contributed by atoms with Gasteiger partial charge in [0.15, 0.2) is 6.10 Å². The maximum absolute atomic E-state index is 12.1. The largest absolute Gasteiger partial charge is 0.456 e. The van der Waals surface area contributed by atoms with Gasteiger partial charge in [-0.3, -0.25) is 4.79 Å². The van der Waals surface area contributed by atoms with Gasteiger partial charge in [-0.05, 0) is 42.6 Å². The lowest BCUT2D eigenvalue weighted by atomic mass is 9.36. The topological polar surface area (TPSA) is 96.2 Å². The fourth-order valence-corrected chi connectivity index (χ4v) is 8.42. The second-order valence-corrected chi connectivity index (χ2v) is 10.8. The molecule has 2 aliphatic heterocycles. The Balaban J connectivity index is 1.76. The lowest BCUT2D eigenvalue weighted by Gasteiger charge is -2.74. The summed E-state index contributed by atoms with van der Waals surface area (Å²) in [5.74, 6) is -2.67. The van der Waals surface area contributed by atoms with Gasteiger partial charge in [-0.1, -0.05) is 26.8 Å². The molecule has 6 fully saturated rings. The van der Waals surface area contributed by atoms with E-state index < -0.39 is 35.5 Å². The summed E-state index contributed by atoms with van der Waals surface area (Å²) in [6.07, 6.45) is 1.44. The third-order valence-corrected chi connectivity index (χ3v) is 9.26. The summed E-state index contributed by atoms with van der Waals surface area (Å²) >= 11 is 0. The zero-order chi connectivity index (χ0) is 20.3. The average molecular weight is 392 g/mol. The molecule has 0 aromatic carbocycles. The van der Waals surface area contributed by atoms with Crippen LogP contribution in [0.15, 0.2) is 12.2 Å². The average Bonchev–Trinajstić information content (AvgIpc) is 2.82. The van der Waals surface area contributed by atoms with Gasteiger partial charge in [0.2, 0.25) is 5.79 Å². The van der Waals surface area contributed by atoms with Crippen LogP contribution in [0.5, 0.6) is 0 Å². The molecule has 2 saturated heterocycles. The van der Waals surface area contributed by atoms with Crippen molar-refractivity contribution >= 4 is 5.97 Å². The molecule has 156 valence electrons. The quantitative estimate of drug-likeness (QED) is 0.465. The predicted molar refractivity (Wildman–Crippen MR) is 99.8 cm³/mol. The van der Waals surface area contributed by atoms with Gasteiger partial charge in [-0.2, -0.15) is 0 Å². The lowest BCUT2D eigenvalue weighted by Crippen LogP contribution is -2.82. The minimum Gasteiger partial charge on any atom is -0.456 e. The van der Waals surface area contributed by atoms with Gasteiger partial charge in [0.25, 0.3) is 0 Å². The summed E-state index contributed by atoms with van der Waals surface area (Å²) in [5, 5.41) is 34.3. The Morgan fingerprint density at radius 1 is 1.29 bits per heavy atom. The molecule has 6 nitrogen and oxygen atoms in total. The number of fused-ring (bicyclic) bond motifs is 2. The third kappa shape index (κ3) is 1.87. The number of aliphatic hydroxyl groups is 3. The smallest absolute Gasteiger partial charge is 0.303 e. The molecule has 0 radical (unpaired) electrons. The number of ether oxygens (including phenoxy) is 2. The van der Waals surface area contributed by atoms with Crippen molar-refractivity contribution in [2.45, 2.75) is 77.0 Å². The number of hydrogen-bond donors (Lipinski definition) is 3. The van der Waals surface area contributed by atoms with Gasteiger partial charge in [-0.25, -0.2) is 0 Å². The van der Waals surface area contributed by atoms with Crippen molar-refractivity contribution in [3.63, 3.8) is 0 Å². The second kappa shape index (κ2) is 5.39. The first kappa shape index (κ1) is 19.0. The first-order valence-electron chi connectivity index (χ1n) is 10.6. The Labute approximate surface area is 165 Å². The highest BCUT2D eigenvalue weighted by Crippen LogP contribution is 2.77. The Morgan fingerprint density at radius 3 is 2.68 bits per heavy atom. The molecular formula is C22H32O6. The number of esters is 1. The summed E-state index contributed by atoms with van der Waals surface area (Å²) in [6.45, 7) is 10.2. The van der Waals surface area contributed by atoms with E-state index in [0.717, 1.165) is 19.3 Å². The van der Waals surface area contributed by atoms with Crippen LogP contribution in [0.1, 0.15) is 52.9 Å². The van der Waals surface area contributed by atoms with Crippen LogP contribution in [0.25, 0.3) is 0 Å². The highest BCUT2D eigenvalue weighted by atomic mass is 16.7. The van der Waals surface area contributed by atoms with Crippen LogP contribution < -0.4 is 0 Å². The van der Waals surface area contributed by atoms with E-state index in [-0.39, 0.29) is 28.6 Å². The van der Waals surface area contributed by atoms with Crippen LogP contribution >= 0.6 is 0 Å². The molecule has 0 aromatic heterocycles. The van der Waals surface area contributed by atoms with Gasteiger partial charge >= 0.3 is 5.97 Å². The zero-order valence-electron chi connectivity index (χ0n) is 17.0. The highest BCUT2D eigenvalue weighted by molar-refractivity contribution is 5.66. The van der Waals surface area contributed by atoms with Crippen LogP contribution in [0.4, 0.5) is 0 Å². The lowest BCUT2D eigenvalue weighted by molar-refractivity contribution is -0.458. The molecule has 4 saturated carbocycles. The molecule has 0 aromatic rings. The molecule has 2 spiro atoms. The van der Waals surface area contributed by atoms with Gasteiger partial charge in [0.05, 0.1) is 24.2 Å². The molecule has 6 rings (SSSR count). The van der Waals surface area contributed by atoms with Crippen molar-refractivity contribution in [3.05, 3.63) is 12.2 Å². The first-order chi connectivity index (χ1) is 13.0. The van der Waals surface area contributed by atoms with E-state index >= 15 is 0 Å². The zero-order valence-corrected chi connectivity index (χ0v) is 17.0. The van der Waals surface area contributed by atoms with E-state index in [1.807, 2.05) is 0 Å². The van der Waals surface area contributed by atoms with Crippen LogP contribution in [-0.4, -0.2) is 52.0 Å². The summed E-state index contributed by atoms with van der Waals surface area (Å²) in [7, 11) is 0. The molecule has 0 amide bonds. The number of hydrogen-bond acceptors (Lipinski definition) is 6. The fraction of sp³-hybridized carbons (Fsp3) is 0.864. The van der Waals surface area contributed by atoms with Crippen molar-refractivity contribution < 1.29 is 29.6 Å². The van der Waals surface area contributed by atoms with E-state index in [0.29, 0.717) is 25.0 Å². The minimum absolute atomic E-state index is 0.0863. The van der Waals surface area contributed by atoms with E-state index in [1.54, 1.807) is 0 Å². The second-order valence-electron chi connectivity index (χ2n) is 10.8. The molecule has 9 atom stereocenters. The minimum atomic E-state index is -1.78. The van der Waals surface area contributed by atoms with Crippen molar-refractivity contribution in [1.82, 2.24) is 0 Å². The predicted octanol–water partition coefficient (Wildman–Crippen LogP) is 1.77. The van der Waals surface area contributed by atoms with Gasteiger partial charge in [0.1, 0.15) is 0 Å². The van der Waals surface area contributed by atoms with Gasteiger partial charge in [0, 0.05) is 24.2 Å². The maximum Gasteiger partial charge on any atom is 0.303 e. The number of carbonyl (C=O) groups is 1. The van der Waals surface area contributed by atoms with Gasteiger partial charge in [-0.15, -0.1) is 0 Å². The SMILES string of the molecule is C=C1[C@H]2C[C@@]3([C@@H]1O)[C@@H](C[C@H]2O)[C@]12CCCC(C)(C)[C@H]1[C@H](OC(C)=O)[C@@]3(O)OC2. The van der Waals surface area contributed by atoms with E-state index in [9.17, 15) is 20.1 Å². The number of rotatable bonds is 1. The van der Waals surface area contributed by atoms with Crippen molar-refractivity contribution in [3.8, 4) is 0 Å². The summed E-state index contributed by atoms with van der Waals surface area (Å²) in [5.41, 5.74) is -0.913. The Bertz CT molecular complexity index is 747. The molecule has 0 unspecified atom stereocenters. The molecular weight excluding hydrogens is 360 g/mol. The van der Waals surface area contributed by atoms with Gasteiger partial charge < -0.3 is 24.8 Å². The summed E-state index contributed by atoms with van der Waals surface area (Å²) in [4.78, 5) is 12.1. The fourth-order valence-electron chi connectivity index (χ4n) is 8.42. The normalized spacial score (nSPS) is 56.1. The monoisotopic (exact) mass is 392 g/mol. The Hall–Kier alpha value is -0.950. The van der Waals surface area contributed by atoms with E-state index in [4.69, 9.17) is 9.47 Å². The molecule has 28 heavy (non-hydrogen) atoms. The molecule has 4 bridgehead atoms. The van der Waals surface area contributed by atoms with Crippen LogP contribution in [0.2, 0.25) is 0 Å². The molecule has 6 heteroatoms. The van der Waals surface area contributed by atoms with Crippen molar-refractivity contribution in [2.24, 2.45) is 34.0 Å². The molecule has 4 aliphatic carbocycles. The van der Waals surface area contributed by atoms with E-state index in [2.05, 4.69) is 20.4 Å². The Kier molecular flexibility index (Phi) is 3.67. The first-order valence-corrected chi connectivity index (χ1v) is 10.6. The van der Waals surface area contributed by atoms with Crippen LogP contribution in [0, 0.1) is 34.0 Å². The van der Waals surface area contributed by atoms with Crippen molar-refractivity contribution in [1.29, 1.82) is 0 Å². The Morgan fingerprint density at radius 2 is 2.00 bits per heavy atom. The highest BCUT2D eigenvalue weighted by Gasteiger charge is 2.84. The molecule has 6 aliphatic rings. The standard InChI is InChI=1S/C22H32O6/c1-11-13-9-21(17(11)25)15(8-14(13)24)20-7-5-6-19(3,4)16(20)18(28-12(2)23)22(21,26)27-10-20/h13-18,24-26H,1,5-10H2,2-4H3/t13-,14-,15+,16-,17-,18+,20-,21+,22-/m1/s1. The summed E-state index contributed by atoms with van der Waals surface area (Å²) < 4.78 is 12.0. The summed E-state index contributed by atoms with van der Waals surface area (Å²) in [6, 6.07) is 0. The van der Waals surface area contributed by atoms with E-state index in [1.165, 1.54) is 6.92 Å². The van der Waals surface area contributed by atoms with Crippen LogP contribution in [-0.2, 0) is 14.3 Å². The van der Waals surface area contributed by atoms with Crippen molar-refractivity contribution in [2.75, 3.05) is 6.61 Å². The third-order valence-electron chi connectivity index (χ3n) is 9.26. The van der Waals surface area contributed by atoms with Crippen LogP contribution in [0.3, 0.4) is 0 Å². The number of aliphatic hydroxyl groups excluding tert-OH is 2. The molecule has 3 N–H and O–H groups in total. The maximum atomic E-state index is 12.1. The molecule has 2 heterocycles.